The van der Waals surface area contributed by atoms with E-state index in [4.69, 9.17) is 9.57 Å². The van der Waals surface area contributed by atoms with Gasteiger partial charge < -0.3 is 4.74 Å². The quantitative estimate of drug-likeness (QED) is 0.611. The van der Waals surface area contributed by atoms with Crippen LogP contribution < -0.4 is 5.48 Å². The number of thiophene rings is 1. The first-order valence-electron chi connectivity index (χ1n) is 9.53. The number of nitrogens with one attached hydrogen (secondary N) is 1. The summed E-state index contributed by atoms with van der Waals surface area (Å²) in [6.45, 7) is 1.49. The minimum absolute atomic E-state index is 0.256. The van der Waals surface area contributed by atoms with Gasteiger partial charge in [-0.05, 0) is 43.0 Å². The predicted molar refractivity (Wildman–Crippen MR) is 108 cm³/mol. The lowest BCUT2D eigenvalue weighted by Crippen LogP contribution is -2.32. The molecule has 1 amide bonds. The van der Waals surface area contributed by atoms with Crippen LogP contribution in [0.4, 0.5) is 0 Å². The SMILES string of the molecule is O=C(NOC1CCCCO1)c1ccc(-c2ccn(CCc3ccccc3)n2)s1. The molecule has 2 aromatic heterocycles. The number of aromatic nitrogens is 2. The zero-order valence-corrected chi connectivity index (χ0v) is 16.4. The molecule has 0 aliphatic carbocycles. The molecule has 1 atom stereocenters. The van der Waals surface area contributed by atoms with Gasteiger partial charge in [0.25, 0.3) is 5.91 Å². The van der Waals surface area contributed by atoms with Crippen LogP contribution >= 0.6 is 11.3 Å². The molecule has 1 aromatic carbocycles. The first-order valence-corrected chi connectivity index (χ1v) is 10.3. The van der Waals surface area contributed by atoms with Gasteiger partial charge in [0, 0.05) is 25.8 Å². The normalized spacial score (nSPS) is 16.8. The molecule has 1 unspecified atom stereocenters. The molecule has 1 aliphatic heterocycles. The molecule has 0 bridgehead atoms. The smallest absolute Gasteiger partial charge is 0.285 e. The number of amides is 1. The number of hydrogen-bond acceptors (Lipinski definition) is 5. The maximum absolute atomic E-state index is 12.3. The molecule has 3 aromatic rings. The molecule has 0 saturated carbocycles. The third kappa shape index (κ3) is 4.86. The van der Waals surface area contributed by atoms with Crippen molar-refractivity contribution in [3.63, 3.8) is 0 Å². The molecule has 0 spiro atoms. The number of benzene rings is 1. The molecule has 3 heterocycles. The van der Waals surface area contributed by atoms with Crippen molar-refractivity contribution < 1.29 is 14.4 Å². The van der Waals surface area contributed by atoms with E-state index < -0.39 is 0 Å². The summed E-state index contributed by atoms with van der Waals surface area (Å²) < 4.78 is 7.39. The zero-order chi connectivity index (χ0) is 19.2. The van der Waals surface area contributed by atoms with Gasteiger partial charge in [0.15, 0.2) is 6.29 Å². The second kappa shape index (κ2) is 9.14. The van der Waals surface area contributed by atoms with Gasteiger partial charge in [-0.25, -0.2) is 10.3 Å². The lowest BCUT2D eigenvalue weighted by Gasteiger charge is -2.21. The van der Waals surface area contributed by atoms with Crippen LogP contribution in [0, 0.1) is 0 Å². The molecule has 28 heavy (non-hydrogen) atoms. The van der Waals surface area contributed by atoms with E-state index in [1.54, 1.807) is 6.07 Å². The number of rotatable bonds is 7. The van der Waals surface area contributed by atoms with E-state index in [0.717, 1.165) is 42.8 Å². The number of nitrogens with zero attached hydrogens (tertiary/aromatic N) is 2. The Morgan fingerprint density at radius 3 is 2.93 bits per heavy atom. The lowest BCUT2D eigenvalue weighted by atomic mass is 10.2. The Kier molecular flexibility index (Phi) is 6.16. The van der Waals surface area contributed by atoms with Crippen LogP contribution in [0.2, 0.25) is 0 Å². The fourth-order valence-corrected chi connectivity index (χ4v) is 3.93. The summed E-state index contributed by atoms with van der Waals surface area (Å²) in [5.74, 6) is -0.256. The van der Waals surface area contributed by atoms with Crippen LogP contribution in [0.3, 0.4) is 0 Å². The van der Waals surface area contributed by atoms with Crippen molar-refractivity contribution in [2.45, 2.75) is 38.5 Å². The highest BCUT2D eigenvalue weighted by atomic mass is 32.1. The number of carbonyl (C=O) groups excluding carboxylic acids is 1. The number of hydroxylamine groups is 1. The molecular formula is C21H23N3O3S. The minimum atomic E-state index is -0.350. The standard InChI is InChI=1S/C21H23N3O3S/c25-21(23-27-20-8-4-5-15-26-20)19-10-9-18(28-19)17-12-14-24(22-17)13-11-16-6-2-1-3-7-16/h1-3,6-7,9-10,12,14,20H,4-5,8,11,13,15H2,(H,23,25). The third-order valence-corrected chi connectivity index (χ3v) is 5.72. The maximum atomic E-state index is 12.3. The van der Waals surface area contributed by atoms with E-state index in [2.05, 4.69) is 22.7 Å². The summed E-state index contributed by atoms with van der Waals surface area (Å²) in [6.07, 6.45) is 5.45. The van der Waals surface area contributed by atoms with Crippen molar-refractivity contribution in [3.05, 3.63) is 65.2 Å². The van der Waals surface area contributed by atoms with Gasteiger partial charge in [0.1, 0.15) is 5.69 Å². The molecular weight excluding hydrogens is 374 g/mol. The Morgan fingerprint density at radius 2 is 2.11 bits per heavy atom. The summed E-state index contributed by atoms with van der Waals surface area (Å²) in [7, 11) is 0. The predicted octanol–water partition coefficient (Wildman–Crippen LogP) is 4.04. The van der Waals surface area contributed by atoms with Crippen molar-refractivity contribution in [2.24, 2.45) is 0 Å². The van der Waals surface area contributed by atoms with Crippen LogP contribution in [0.25, 0.3) is 10.6 Å². The summed E-state index contributed by atoms with van der Waals surface area (Å²) in [5.41, 5.74) is 4.66. The van der Waals surface area contributed by atoms with E-state index in [0.29, 0.717) is 11.5 Å². The van der Waals surface area contributed by atoms with Crippen molar-refractivity contribution >= 4 is 17.2 Å². The first kappa shape index (κ1) is 18.9. The minimum Gasteiger partial charge on any atom is -0.350 e. The lowest BCUT2D eigenvalue weighted by molar-refractivity contribution is -0.186. The van der Waals surface area contributed by atoms with Gasteiger partial charge in [-0.1, -0.05) is 30.3 Å². The van der Waals surface area contributed by atoms with E-state index in [9.17, 15) is 4.79 Å². The van der Waals surface area contributed by atoms with E-state index in [1.165, 1.54) is 16.9 Å². The molecule has 1 saturated heterocycles. The van der Waals surface area contributed by atoms with Gasteiger partial charge in [0.2, 0.25) is 0 Å². The summed E-state index contributed by atoms with van der Waals surface area (Å²) in [4.78, 5) is 19.2. The van der Waals surface area contributed by atoms with Crippen molar-refractivity contribution in [1.29, 1.82) is 0 Å². The Labute approximate surface area is 168 Å². The molecule has 146 valence electrons. The topological polar surface area (TPSA) is 65.4 Å². The highest BCUT2D eigenvalue weighted by Gasteiger charge is 2.17. The summed E-state index contributed by atoms with van der Waals surface area (Å²) in [6, 6.07) is 16.0. The second-order valence-electron chi connectivity index (χ2n) is 6.71. The number of carbonyl (C=O) groups is 1. The molecule has 1 N–H and O–H groups in total. The maximum Gasteiger partial charge on any atom is 0.285 e. The highest BCUT2D eigenvalue weighted by molar-refractivity contribution is 7.17. The third-order valence-electron chi connectivity index (χ3n) is 4.62. The van der Waals surface area contributed by atoms with Crippen LogP contribution in [-0.4, -0.2) is 28.6 Å². The Hall–Kier alpha value is -2.48. The van der Waals surface area contributed by atoms with Crippen LogP contribution in [0.5, 0.6) is 0 Å². The van der Waals surface area contributed by atoms with Gasteiger partial charge in [-0.2, -0.15) is 5.10 Å². The van der Waals surface area contributed by atoms with E-state index >= 15 is 0 Å². The number of hydrogen-bond donors (Lipinski definition) is 1. The monoisotopic (exact) mass is 397 g/mol. The Morgan fingerprint density at radius 1 is 1.21 bits per heavy atom. The van der Waals surface area contributed by atoms with Crippen molar-refractivity contribution in [2.75, 3.05) is 6.61 Å². The Bertz CT molecular complexity index is 901. The first-order chi connectivity index (χ1) is 13.8. The average molecular weight is 398 g/mol. The van der Waals surface area contributed by atoms with Crippen molar-refractivity contribution in [1.82, 2.24) is 15.3 Å². The largest absolute Gasteiger partial charge is 0.350 e. The van der Waals surface area contributed by atoms with Gasteiger partial charge >= 0.3 is 0 Å². The number of ether oxygens (including phenoxy) is 1. The fraction of sp³-hybridized carbons (Fsp3) is 0.333. The zero-order valence-electron chi connectivity index (χ0n) is 15.5. The Balaban J connectivity index is 1.32. The van der Waals surface area contributed by atoms with Crippen LogP contribution in [0.1, 0.15) is 34.5 Å². The second-order valence-corrected chi connectivity index (χ2v) is 7.79. The van der Waals surface area contributed by atoms with Crippen molar-refractivity contribution in [3.8, 4) is 10.6 Å². The molecule has 4 rings (SSSR count). The van der Waals surface area contributed by atoms with Gasteiger partial charge in [-0.15, -0.1) is 11.3 Å². The molecule has 6 nitrogen and oxygen atoms in total. The highest BCUT2D eigenvalue weighted by Crippen LogP contribution is 2.27. The molecule has 1 fully saturated rings. The van der Waals surface area contributed by atoms with Crippen LogP contribution in [0.15, 0.2) is 54.7 Å². The molecule has 0 radical (unpaired) electrons. The molecule has 1 aliphatic rings. The summed E-state index contributed by atoms with van der Waals surface area (Å²) >= 11 is 1.40. The molecule has 7 heteroatoms. The van der Waals surface area contributed by atoms with E-state index in [1.807, 2.05) is 41.2 Å². The van der Waals surface area contributed by atoms with E-state index in [-0.39, 0.29) is 12.2 Å². The average Bonchev–Trinajstić information content (AvgIpc) is 3.42. The summed E-state index contributed by atoms with van der Waals surface area (Å²) in [5, 5.41) is 4.63. The van der Waals surface area contributed by atoms with Crippen LogP contribution in [-0.2, 0) is 22.5 Å². The fourth-order valence-electron chi connectivity index (χ4n) is 3.08. The van der Waals surface area contributed by atoms with Gasteiger partial charge in [0.05, 0.1) is 9.75 Å². The number of aryl methyl sites for hydroxylation is 2. The van der Waals surface area contributed by atoms with Gasteiger partial charge in [-0.3, -0.25) is 9.48 Å².